The molecule has 102 valence electrons. The molecule has 1 saturated carbocycles. The van der Waals surface area contributed by atoms with Crippen LogP contribution in [0.5, 0.6) is 0 Å². The molecule has 2 unspecified atom stereocenters. The van der Waals surface area contributed by atoms with Gasteiger partial charge in [0, 0.05) is 25.0 Å². The Balaban J connectivity index is 1.59. The van der Waals surface area contributed by atoms with Crippen molar-refractivity contribution < 1.29 is 0 Å². The standard InChI is InChI=1S/C16H23N3/c1-13-5-4-6-14(9-8-13)17-11-15-12-19-10-3-2-7-16(19)18-15/h2-3,7,10,12-14,17H,4-6,8-9,11H2,1H3. The Labute approximate surface area is 115 Å². The first-order chi connectivity index (χ1) is 9.31. The highest BCUT2D eigenvalue weighted by Gasteiger charge is 2.15. The number of hydrogen-bond donors (Lipinski definition) is 1. The maximum absolute atomic E-state index is 4.64. The molecule has 1 aliphatic rings. The quantitative estimate of drug-likeness (QED) is 0.854. The van der Waals surface area contributed by atoms with Crippen LogP contribution in [0.25, 0.3) is 5.65 Å². The summed E-state index contributed by atoms with van der Waals surface area (Å²) in [5, 5.41) is 3.68. The third-order valence-corrected chi connectivity index (χ3v) is 4.24. The van der Waals surface area contributed by atoms with Crippen LogP contribution >= 0.6 is 0 Å². The zero-order chi connectivity index (χ0) is 13.1. The molecule has 3 heteroatoms. The Morgan fingerprint density at radius 3 is 3.11 bits per heavy atom. The summed E-state index contributed by atoms with van der Waals surface area (Å²) in [4.78, 5) is 4.64. The van der Waals surface area contributed by atoms with Crippen molar-refractivity contribution in [3.05, 3.63) is 36.3 Å². The second-order valence-electron chi connectivity index (χ2n) is 5.89. The van der Waals surface area contributed by atoms with Crippen molar-refractivity contribution in [1.82, 2.24) is 14.7 Å². The van der Waals surface area contributed by atoms with Crippen LogP contribution in [0.1, 0.15) is 44.7 Å². The van der Waals surface area contributed by atoms with Gasteiger partial charge in [-0.25, -0.2) is 4.98 Å². The average Bonchev–Trinajstić information content (AvgIpc) is 2.72. The number of nitrogens with zero attached hydrogens (tertiary/aromatic N) is 2. The molecule has 0 saturated heterocycles. The predicted octanol–water partition coefficient (Wildman–Crippen LogP) is 3.39. The van der Waals surface area contributed by atoms with Gasteiger partial charge in [0.15, 0.2) is 0 Å². The Morgan fingerprint density at radius 2 is 2.21 bits per heavy atom. The van der Waals surface area contributed by atoms with Crippen LogP contribution in [0.2, 0.25) is 0 Å². The van der Waals surface area contributed by atoms with Gasteiger partial charge in [-0.1, -0.05) is 25.8 Å². The molecule has 2 aromatic heterocycles. The minimum absolute atomic E-state index is 0.676. The van der Waals surface area contributed by atoms with Crippen LogP contribution < -0.4 is 5.32 Å². The molecule has 19 heavy (non-hydrogen) atoms. The molecule has 3 nitrogen and oxygen atoms in total. The minimum atomic E-state index is 0.676. The molecular weight excluding hydrogens is 234 g/mol. The molecule has 0 spiro atoms. The second-order valence-corrected chi connectivity index (χ2v) is 5.89. The van der Waals surface area contributed by atoms with E-state index in [1.807, 2.05) is 12.1 Å². The third-order valence-electron chi connectivity index (χ3n) is 4.24. The van der Waals surface area contributed by atoms with Crippen molar-refractivity contribution in [2.45, 2.75) is 51.6 Å². The number of pyridine rings is 1. The zero-order valence-corrected chi connectivity index (χ0v) is 11.7. The number of imidazole rings is 1. The van der Waals surface area contributed by atoms with Crippen molar-refractivity contribution in [2.24, 2.45) is 5.92 Å². The monoisotopic (exact) mass is 257 g/mol. The predicted molar refractivity (Wildman–Crippen MR) is 78.1 cm³/mol. The van der Waals surface area contributed by atoms with Gasteiger partial charge in [0.25, 0.3) is 0 Å². The van der Waals surface area contributed by atoms with Crippen LogP contribution in [-0.4, -0.2) is 15.4 Å². The van der Waals surface area contributed by atoms with Crippen molar-refractivity contribution in [2.75, 3.05) is 0 Å². The summed E-state index contributed by atoms with van der Waals surface area (Å²) in [7, 11) is 0. The summed E-state index contributed by atoms with van der Waals surface area (Å²) in [6.45, 7) is 3.27. The summed E-state index contributed by atoms with van der Waals surface area (Å²) < 4.78 is 2.09. The Hall–Kier alpha value is -1.35. The minimum Gasteiger partial charge on any atom is -0.308 e. The lowest BCUT2D eigenvalue weighted by molar-refractivity contribution is 0.445. The van der Waals surface area contributed by atoms with Gasteiger partial charge in [-0.15, -0.1) is 0 Å². The molecule has 1 N–H and O–H groups in total. The van der Waals surface area contributed by atoms with E-state index in [2.05, 4.69) is 40.1 Å². The largest absolute Gasteiger partial charge is 0.308 e. The van der Waals surface area contributed by atoms with Crippen molar-refractivity contribution >= 4 is 5.65 Å². The first-order valence-electron chi connectivity index (χ1n) is 7.47. The highest BCUT2D eigenvalue weighted by Crippen LogP contribution is 2.22. The molecule has 1 aliphatic carbocycles. The highest BCUT2D eigenvalue weighted by atomic mass is 15.0. The van der Waals surface area contributed by atoms with Gasteiger partial charge in [0.2, 0.25) is 0 Å². The second kappa shape index (κ2) is 5.74. The Bertz CT molecular complexity index is 499. The molecule has 2 heterocycles. The molecule has 1 fully saturated rings. The summed E-state index contributed by atoms with van der Waals surface area (Å²) in [5.74, 6) is 0.905. The first-order valence-corrected chi connectivity index (χ1v) is 7.47. The molecule has 0 aromatic carbocycles. The summed E-state index contributed by atoms with van der Waals surface area (Å²) in [6.07, 6.45) is 10.9. The van der Waals surface area contributed by atoms with E-state index in [1.54, 1.807) is 0 Å². The lowest BCUT2D eigenvalue weighted by atomic mass is 10.0. The fourth-order valence-electron chi connectivity index (χ4n) is 3.01. The van der Waals surface area contributed by atoms with E-state index in [1.165, 1.54) is 32.1 Å². The van der Waals surface area contributed by atoms with E-state index >= 15 is 0 Å². The Kier molecular flexibility index (Phi) is 3.83. The molecular formula is C16H23N3. The van der Waals surface area contributed by atoms with Crippen molar-refractivity contribution in [3.63, 3.8) is 0 Å². The van der Waals surface area contributed by atoms with Gasteiger partial charge in [0.05, 0.1) is 5.69 Å². The molecule has 0 aliphatic heterocycles. The fourth-order valence-corrected chi connectivity index (χ4v) is 3.01. The van der Waals surface area contributed by atoms with Crippen LogP contribution in [0.15, 0.2) is 30.6 Å². The van der Waals surface area contributed by atoms with E-state index in [0.29, 0.717) is 6.04 Å². The number of fused-ring (bicyclic) bond motifs is 1. The molecule has 0 radical (unpaired) electrons. The number of hydrogen-bond acceptors (Lipinski definition) is 2. The van der Waals surface area contributed by atoms with Gasteiger partial charge < -0.3 is 9.72 Å². The number of nitrogens with one attached hydrogen (secondary N) is 1. The molecule has 3 rings (SSSR count). The molecule has 2 aromatic rings. The van der Waals surface area contributed by atoms with E-state index in [-0.39, 0.29) is 0 Å². The smallest absolute Gasteiger partial charge is 0.137 e. The highest BCUT2D eigenvalue weighted by molar-refractivity contribution is 5.39. The lowest BCUT2D eigenvalue weighted by Gasteiger charge is -2.15. The van der Waals surface area contributed by atoms with E-state index in [0.717, 1.165) is 23.8 Å². The van der Waals surface area contributed by atoms with Crippen LogP contribution in [0, 0.1) is 5.92 Å². The maximum Gasteiger partial charge on any atom is 0.137 e. The van der Waals surface area contributed by atoms with Crippen LogP contribution in [0.3, 0.4) is 0 Å². The summed E-state index contributed by atoms with van der Waals surface area (Å²) >= 11 is 0. The number of aromatic nitrogens is 2. The zero-order valence-electron chi connectivity index (χ0n) is 11.7. The summed E-state index contributed by atoms with van der Waals surface area (Å²) in [5.41, 5.74) is 2.18. The van der Waals surface area contributed by atoms with Crippen molar-refractivity contribution in [3.8, 4) is 0 Å². The molecule has 0 amide bonds. The van der Waals surface area contributed by atoms with Gasteiger partial charge in [0.1, 0.15) is 5.65 Å². The fraction of sp³-hybridized carbons (Fsp3) is 0.562. The van der Waals surface area contributed by atoms with Gasteiger partial charge in [-0.2, -0.15) is 0 Å². The van der Waals surface area contributed by atoms with Crippen LogP contribution in [-0.2, 0) is 6.54 Å². The van der Waals surface area contributed by atoms with E-state index < -0.39 is 0 Å². The average molecular weight is 257 g/mol. The maximum atomic E-state index is 4.64. The van der Waals surface area contributed by atoms with E-state index in [9.17, 15) is 0 Å². The molecule has 0 bridgehead atoms. The summed E-state index contributed by atoms with van der Waals surface area (Å²) in [6, 6.07) is 6.80. The molecule has 2 atom stereocenters. The third kappa shape index (κ3) is 3.16. The van der Waals surface area contributed by atoms with E-state index in [4.69, 9.17) is 0 Å². The normalized spacial score (nSPS) is 24.5. The SMILES string of the molecule is CC1CCCC(NCc2cn3ccccc3n2)CC1. The van der Waals surface area contributed by atoms with Gasteiger partial charge in [-0.3, -0.25) is 0 Å². The lowest BCUT2D eigenvalue weighted by Crippen LogP contribution is -2.28. The van der Waals surface area contributed by atoms with Crippen LogP contribution in [0.4, 0.5) is 0 Å². The van der Waals surface area contributed by atoms with Gasteiger partial charge in [-0.05, 0) is 37.3 Å². The first kappa shape index (κ1) is 12.7. The Morgan fingerprint density at radius 1 is 1.26 bits per heavy atom. The van der Waals surface area contributed by atoms with Gasteiger partial charge >= 0.3 is 0 Å². The number of rotatable bonds is 3. The topological polar surface area (TPSA) is 29.3 Å². The van der Waals surface area contributed by atoms with Crippen molar-refractivity contribution in [1.29, 1.82) is 0 Å².